The molecule has 1 saturated carbocycles. The van der Waals surface area contributed by atoms with Gasteiger partial charge in [0.05, 0.1) is 62.8 Å². The van der Waals surface area contributed by atoms with Crippen LogP contribution in [0.2, 0.25) is 20.9 Å². The largest absolute Gasteiger partial charge is 0.380 e. The van der Waals surface area contributed by atoms with Gasteiger partial charge in [0, 0.05) is 0 Å². The highest BCUT2D eigenvalue weighted by Crippen LogP contribution is 2.91. The molecule has 0 aliphatic heterocycles. The lowest BCUT2D eigenvalue weighted by molar-refractivity contribution is 0.0837. The first-order chi connectivity index (χ1) is 6.81. The molecule has 1 aliphatic rings. The summed E-state index contributed by atoms with van der Waals surface area (Å²) in [5.41, 5.74) is -2.47. The molecule has 16 radical (unpaired) electrons. The zero-order chi connectivity index (χ0) is 13.2. The highest BCUT2D eigenvalue weighted by molar-refractivity contribution is 6.69. The Bertz CT molecular complexity index is 350. The lowest BCUT2D eigenvalue weighted by Crippen LogP contribution is -2.50. The maximum Gasteiger partial charge on any atom is 0.104 e. The molecule has 0 aromatic carbocycles. The Morgan fingerprint density at radius 2 is 1.25 bits per heavy atom. The molecule has 0 heterocycles. The van der Waals surface area contributed by atoms with Crippen molar-refractivity contribution >= 4 is 62.8 Å². The van der Waals surface area contributed by atoms with Gasteiger partial charge in [0.15, 0.2) is 0 Å². The normalized spacial score (nSPS) is 28.5. The van der Waals surface area contributed by atoms with Crippen molar-refractivity contribution in [3.63, 3.8) is 0 Å². The molecular weight excluding hydrogens is 187 g/mol. The summed E-state index contributed by atoms with van der Waals surface area (Å²) in [4.78, 5) is 0. The molecule has 1 fully saturated rings. The average Bonchev–Trinajstić information content (AvgIpc) is 2.42. The topological polar surface area (TPSA) is 20.2 Å². The first-order valence-corrected chi connectivity index (χ1v) is 4.32. The third-order valence-electron chi connectivity index (χ3n) is 3.33. The van der Waals surface area contributed by atoms with Crippen LogP contribution in [0.5, 0.6) is 0 Å². The quantitative estimate of drug-likeness (QED) is 0.366. The van der Waals surface area contributed by atoms with Crippen molar-refractivity contribution in [2.24, 2.45) is 0 Å². The third-order valence-corrected chi connectivity index (χ3v) is 3.33. The maximum atomic E-state index is 10.2. The number of hydrogen-bond acceptors (Lipinski definition) is 1. The minimum Gasteiger partial charge on any atom is -0.380 e. The van der Waals surface area contributed by atoms with Crippen LogP contribution in [0.25, 0.3) is 0 Å². The van der Waals surface area contributed by atoms with E-state index in [1.807, 2.05) is 5.92 Å². The van der Waals surface area contributed by atoms with E-state index in [2.05, 4.69) is 0 Å². The van der Waals surface area contributed by atoms with Gasteiger partial charge in [0.2, 0.25) is 0 Å². The van der Waals surface area contributed by atoms with E-state index in [0.29, 0.717) is 0 Å². The van der Waals surface area contributed by atoms with E-state index < -0.39 is 26.5 Å². The second-order valence-electron chi connectivity index (χ2n) is 4.33. The Kier molecular flexibility index (Phi) is 2.71. The highest BCUT2D eigenvalue weighted by Gasteiger charge is 2.78. The Morgan fingerprint density at radius 3 is 1.31 bits per heavy atom. The SMILES string of the molecule is [B]C([B])([B])C(O)(C#C)C1([B])C([B])([B])C1([B])[B]. The Hall–Kier alpha value is 0.0395. The number of rotatable bonds is 2. The predicted octanol–water partition coefficient (Wildman–Crippen LogP) is -2.82. The van der Waals surface area contributed by atoms with E-state index in [-0.39, 0.29) is 0 Å². The van der Waals surface area contributed by atoms with Crippen LogP contribution in [0.15, 0.2) is 0 Å². The molecule has 9 heteroatoms. The van der Waals surface area contributed by atoms with Gasteiger partial charge in [0.25, 0.3) is 0 Å². The van der Waals surface area contributed by atoms with Crippen LogP contribution in [-0.4, -0.2) is 73.5 Å². The fraction of sp³-hybridized carbons (Fsp3) is 0.714. The van der Waals surface area contributed by atoms with Crippen molar-refractivity contribution in [1.82, 2.24) is 0 Å². The summed E-state index contributed by atoms with van der Waals surface area (Å²) in [6.45, 7) is 0. The van der Waals surface area contributed by atoms with E-state index in [4.69, 9.17) is 69.2 Å². The molecule has 0 bridgehead atoms. The molecule has 1 N–H and O–H groups in total. The molecule has 1 rings (SSSR count). The van der Waals surface area contributed by atoms with Crippen molar-refractivity contribution in [3.05, 3.63) is 0 Å². The number of hydrogen-bond donors (Lipinski definition) is 1. The van der Waals surface area contributed by atoms with Gasteiger partial charge >= 0.3 is 0 Å². The van der Waals surface area contributed by atoms with E-state index in [1.54, 1.807) is 0 Å². The van der Waals surface area contributed by atoms with Crippen LogP contribution < -0.4 is 0 Å². The van der Waals surface area contributed by atoms with E-state index in [1.165, 1.54) is 0 Å². The second kappa shape index (κ2) is 3.08. The lowest BCUT2D eigenvalue weighted by atomic mass is 9.30. The summed E-state index contributed by atoms with van der Waals surface area (Å²) < 4.78 is 0. The van der Waals surface area contributed by atoms with Crippen LogP contribution in [-0.2, 0) is 0 Å². The van der Waals surface area contributed by atoms with Crippen molar-refractivity contribution in [2.75, 3.05) is 0 Å². The summed E-state index contributed by atoms with van der Waals surface area (Å²) in [6.07, 6.45) is 5.12. The Morgan fingerprint density at radius 1 is 0.938 bits per heavy atom. The fourth-order valence-corrected chi connectivity index (χ4v) is 1.87. The van der Waals surface area contributed by atoms with Crippen molar-refractivity contribution in [3.8, 4) is 12.3 Å². The Labute approximate surface area is 107 Å². The summed E-state index contributed by atoms with van der Waals surface area (Å²) in [5.74, 6) is 1.87. The van der Waals surface area contributed by atoms with Gasteiger partial charge in [-0.05, 0) is 5.31 Å². The molecule has 1 atom stereocenters. The van der Waals surface area contributed by atoms with Crippen LogP contribution in [0.4, 0.5) is 0 Å². The number of aliphatic hydroxyl groups is 1. The van der Waals surface area contributed by atoms with Crippen molar-refractivity contribution in [1.29, 1.82) is 0 Å². The lowest BCUT2D eigenvalue weighted by Gasteiger charge is -2.47. The Balaban J connectivity index is 3.38. The van der Waals surface area contributed by atoms with Gasteiger partial charge in [-0.2, -0.15) is 0 Å². The van der Waals surface area contributed by atoms with Crippen LogP contribution in [0, 0.1) is 12.3 Å². The summed E-state index contributed by atoms with van der Waals surface area (Å²) in [5, 5.41) is 2.18. The summed E-state index contributed by atoms with van der Waals surface area (Å²) in [6, 6.07) is 0. The van der Waals surface area contributed by atoms with Gasteiger partial charge in [-0.3, -0.25) is 0 Å². The van der Waals surface area contributed by atoms with Gasteiger partial charge in [0.1, 0.15) is 5.60 Å². The highest BCUT2D eigenvalue weighted by atomic mass is 16.3. The molecule has 60 valence electrons. The smallest absolute Gasteiger partial charge is 0.104 e. The monoisotopic (exact) mass is 190 g/mol. The molecule has 0 spiro atoms. The zero-order valence-electron chi connectivity index (χ0n) is 8.64. The van der Waals surface area contributed by atoms with Gasteiger partial charge in [-0.15, -0.1) is 16.9 Å². The van der Waals surface area contributed by atoms with E-state index in [0.717, 1.165) is 0 Å². The van der Waals surface area contributed by atoms with E-state index in [9.17, 15) is 5.11 Å². The zero-order valence-corrected chi connectivity index (χ0v) is 8.64. The fourth-order valence-electron chi connectivity index (χ4n) is 1.87. The summed E-state index contributed by atoms with van der Waals surface area (Å²) in [7, 11) is 44.0. The molecule has 1 aliphatic carbocycles. The summed E-state index contributed by atoms with van der Waals surface area (Å²) >= 11 is 0. The molecular formula is C7H2B8O. The van der Waals surface area contributed by atoms with Crippen LogP contribution >= 0.6 is 0 Å². The van der Waals surface area contributed by atoms with Gasteiger partial charge < -0.3 is 5.11 Å². The van der Waals surface area contributed by atoms with Crippen molar-refractivity contribution in [2.45, 2.75) is 26.5 Å². The maximum absolute atomic E-state index is 10.2. The average molecular weight is 189 g/mol. The molecule has 0 aromatic heterocycles. The first-order valence-electron chi connectivity index (χ1n) is 4.32. The van der Waals surface area contributed by atoms with Crippen molar-refractivity contribution < 1.29 is 5.11 Å². The molecule has 1 unspecified atom stereocenters. The van der Waals surface area contributed by atoms with E-state index >= 15 is 0 Å². The van der Waals surface area contributed by atoms with Gasteiger partial charge in [-0.1, -0.05) is 11.0 Å². The van der Waals surface area contributed by atoms with Gasteiger partial charge in [-0.25, -0.2) is 0 Å². The van der Waals surface area contributed by atoms with Crippen LogP contribution in [0.1, 0.15) is 0 Å². The molecule has 0 amide bonds. The number of terminal acetylenes is 1. The molecule has 16 heavy (non-hydrogen) atoms. The van der Waals surface area contributed by atoms with Crippen LogP contribution in [0.3, 0.4) is 0 Å². The first kappa shape index (κ1) is 14.1. The molecule has 0 aromatic rings. The second-order valence-corrected chi connectivity index (χ2v) is 4.33. The standard InChI is InChI=1S/C7H2B8O/c1-2-3(16,7(13,14)15)4(8)5(9,10)6(4,11)12/h1,16H. The molecule has 0 saturated heterocycles. The minimum absolute atomic E-state index is 1.86. The third kappa shape index (κ3) is 1.13. The minimum atomic E-state index is -2.47. The predicted molar refractivity (Wildman–Crippen MR) is 70.6 cm³/mol. The molecule has 1 nitrogen and oxygen atoms in total.